The smallest absolute Gasteiger partial charge is 0.323 e. The van der Waals surface area contributed by atoms with E-state index in [1.807, 2.05) is 0 Å². The van der Waals surface area contributed by atoms with Gasteiger partial charge in [-0.15, -0.1) is 0 Å². The lowest BCUT2D eigenvalue weighted by molar-refractivity contribution is -0.384. The maximum absolute atomic E-state index is 11.0. The molecule has 1 N–H and O–H groups in total. The maximum atomic E-state index is 11.0. The molecule has 1 aromatic carbocycles. The first kappa shape index (κ1) is 13.4. The Balaban J connectivity index is 3.34. The SMILES string of the molecule is CCN(CC(=O)O)c1cccc(C#N)c1[N+](=O)[O-]. The van der Waals surface area contributed by atoms with Gasteiger partial charge in [-0.3, -0.25) is 14.9 Å². The van der Waals surface area contributed by atoms with Crippen LogP contribution in [-0.4, -0.2) is 29.1 Å². The molecule has 0 amide bonds. The molecule has 0 unspecified atom stereocenters. The summed E-state index contributed by atoms with van der Waals surface area (Å²) >= 11 is 0. The summed E-state index contributed by atoms with van der Waals surface area (Å²) < 4.78 is 0. The van der Waals surface area contributed by atoms with E-state index in [9.17, 15) is 14.9 Å². The number of rotatable bonds is 5. The quantitative estimate of drug-likeness (QED) is 0.623. The largest absolute Gasteiger partial charge is 0.480 e. The number of nitriles is 1. The number of carbonyl (C=O) groups is 1. The van der Waals surface area contributed by atoms with Gasteiger partial charge in [0, 0.05) is 6.54 Å². The van der Waals surface area contributed by atoms with E-state index in [2.05, 4.69) is 0 Å². The molecule has 0 heterocycles. The number of carboxylic acids is 1. The zero-order valence-corrected chi connectivity index (χ0v) is 9.66. The molecule has 7 nitrogen and oxygen atoms in total. The Hall–Kier alpha value is -2.62. The van der Waals surface area contributed by atoms with Crippen LogP contribution in [0.25, 0.3) is 0 Å². The number of benzene rings is 1. The third-order valence-corrected chi connectivity index (χ3v) is 2.37. The third kappa shape index (κ3) is 2.74. The van der Waals surface area contributed by atoms with Crippen LogP contribution in [-0.2, 0) is 4.79 Å². The fourth-order valence-electron chi connectivity index (χ4n) is 1.60. The zero-order valence-electron chi connectivity index (χ0n) is 9.66. The van der Waals surface area contributed by atoms with E-state index in [0.717, 1.165) is 0 Å². The van der Waals surface area contributed by atoms with Crippen molar-refractivity contribution in [3.63, 3.8) is 0 Å². The first-order valence-corrected chi connectivity index (χ1v) is 5.15. The standard InChI is InChI=1S/C11H11N3O4/c1-2-13(7-10(15)16)9-5-3-4-8(6-12)11(9)14(17)18/h3-5H,2,7H2,1H3,(H,15,16). The molecule has 0 radical (unpaired) electrons. The Morgan fingerprint density at radius 2 is 2.28 bits per heavy atom. The molecule has 0 aliphatic rings. The molecule has 0 aliphatic carbocycles. The zero-order chi connectivity index (χ0) is 13.7. The van der Waals surface area contributed by atoms with Gasteiger partial charge in [-0.2, -0.15) is 5.26 Å². The van der Waals surface area contributed by atoms with Gasteiger partial charge in [-0.05, 0) is 19.1 Å². The minimum atomic E-state index is -1.09. The van der Waals surface area contributed by atoms with Crippen molar-refractivity contribution in [2.45, 2.75) is 6.92 Å². The topological polar surface area (TPSA) is 107 Å². The molecule has 0 aromatic heterocycles. The molecule has 0 bridgehead atoms. The lowest BCUT2D eigenvalue weighted by Crippen LogP contribution is -2.30. The Morgan fingerprint density at radius 1 is 1.61 bits per heavy atom. The van der Waals surface area contributed by atoms with Gasteiger partial charge in [0.05, 0.1) is 4.92 Å². The highest BCUT2D eigenvalue weighted by molar-refractivity contribution is 5.77. The van der Waals surface area contributed by atoms with Crippen LogP contribution in [0.4, 0.5) is 11.4 Å². The molecule has 0 atom stereocenters. The van der Waals surface area contributed by atoms with Crippen LogP contribution in [0.3, 0.4) is 0 Å². The predicted molar refractivity (Wildman–Crippen MR) is 63.3 cm³/mol. The van der Waals surface area contributed by atoms with Crippen molar-refractivity contribution in [3.8, 4) is 6.07 Å². The number of aliphatic carboxylic acids is 1. The second kappa shape index (κ2) is 5.63. The monoisotopic (exact) mass is 249 g/mol. The van der Waals surface area contributed by atoms with Crippen molar-refractivity contribution < 1.29 is 14.8 Å². The van der Waals surface area contributed by atoms with E-state index in [1.165, 1.54) is 23.1 Å². The molecule has 18 heavy (non-hydrogen) atoms. The fourth-order valence-corrected chi connectivity index (χ4v) is 1.60. The Morgan fingerprint density at radius 3 is 2.72 bits per heavy atom. The Labute approximate surface area is 103 Å². The molecule has 0 saturated heterocycles. The number of para-hydroxylation sites is 1. The number of nitro groups is 1. The number of anilines is 1. The van der Waals surface area contributed by atoms with E-state index < -0.39 is 10.9 Å². The molecular weight excluding hydrogens is 238 g/mol. The molecule has 94 valence electrons. The number of nitrogens with zero attached hydrogens (tertiary/aromatic N) is 3. The summed E-state index contributed by atoms with van der Waals surface area (Å²) in [5, 5.41) is 28.6. The van der Waals surface area contributed by atoms with Crippen LogP contribution in [0, 0.1) is 21.4 Å². The van der Waals surface area contributed by atoms with E-state index in [1.54, 1.807) is 13.0 Å². The summed E-state index contributed by atoms with van der Waals surface area (Å²) in [6.45, 7) is 1.62. The van der Waals surface area contributed by atoms with Crippen molar-refractivity contribution in [3.05, 3.63) is 33.9 Å². The molecule has 0 spiro atoms. The van der Waals surface area contributed by atoms with Gasteiger partial charge in [0.1, 0.15) is 23.9 Å². The van der Waals surface area contributed by atoms with Gasteiger partial charge < -0.3 is 10.0 Å². The summed E-state index contributed by atoms with van der Waals surface area (Å²) in [6, 6.07) is 5.99. The number of nitro benzene ring substituents is 1. The lowest BCUT2D eigenvalue weighted by Gasteiger charge is -2.20. The molecule has 0 fully saturated rings. The third-order valence-electron chi connectivity index (χ3n) is 2.37. The van der Waals surface area contributed by atoms with E-state index in [4.69, 9.17) is 10.4 Å². The number of likely N-dealkylation sites (N-methyl/N-ethyl adjacent to an activating group) is 1. The van der Waals surface area contributed by atoms with Crippen molar-refractivity contribution in [2.24, 2.45) is 0 Å². The van der Waals surface area contributed by atoms with E-state index >= 15 is 0 Å². The van der Waals surface area contributed by atoms with Gasteiger partial charge in [0.15, 0.2) is 0 Å². The second-order valence-electron chi connectivity index (χ2n) is 3.45. The molecular formula is C11H11N3O4. The summed E-state index contributed by atoms with van der Waals surface area (Å²) in [7, 11) is 0. The maximum Gasteiger partial charge on any atom is 0.323 e. The number of hydrogen-bond donors (Lipinski definition) is 1. The van der Waals surface area contributed by atoms with E-state index in [0.29, 0.717) is 6.54 Å². The number of carboxylic acid groups (broad SMARTS) is 1. The average molecular weight is 249 g/mol. The lowest BCUT2D eigenvalue weighted by atomic mass is 10.1. The molecule has 0 saturated carbocycles. The fraction of sp³-hybridized carbons (Fsp3) is 0.273. The normalized spacial score (nSPS) is 9.56. The highest BCUT2D eigenvalue weighted by Gasteiger charge is 2.24. The minimum absolute atomic E-state index is 0.0821. The van der Waals surface area contributed by atoms with Crippen LogP contribution >= 0.6 is 0 Å². The van der Waals surface area contributed by atoms with Crippen LogP contribution in [0.5, 0.6) is 0 Å². The van der Waals surface area contributed by atoms with Crippen molar-refractivity contribution in [1.29, 1.82) is 5.26 Å². The van der Waals surface area contributed by atoms with E-state index in [-0.39, 0.29) is 23.5 Å². The molecule has 0 aliphatic heterocycles. The van der Waals surface area contributed by atoms with Gasteiger partial charge >= 0.3 is 11.7 Å². The van der Waals surface area contributed by atoms with Gasteiger partial charge in [-0.1, -0.05) is 6.07 Å². The first-order valence-electron chi connectivity index (χ1n) is 5.15. The number of hydrogen-bond acceptors (Lipinski definition) is 5. The van der Waals surface area contributed by atoms with Gasteiger partial charge in [-0.25, -0.2) is 0 Å². The Bertz CT molecular complexity index is 522. The van der Waals surface area contributed by atoms with Gasteiger partial charge in [0.2, 0.25) is 0 Å². The summed E-state index contributed by atoms with van der Waals surface area (Å²) in [4.78, 5) is 22.4. The van der Waals surface area contributed by atoms with Crippen molar-refractivity contribution in [1.82, 2.24) is 0 Å². The van der Waals surface area contributed by atoms with Crippen LogP contribution in [0.1, 0.15) is 12.5 Å². The summed E-state index contributed by atoms with van der Waals surface area (Å²) in [5.74, 6) is -1.09. The first-order chi connectivity index (χ1) is 8.51. The van der Waals surface area contributed by atoms with Crippen LogP contribution < -0.4 is 4.90 Å². The van der Waals surface area contributed by atoms with Crippen LogP contribution in [0.15, 0.2) is 18.2 Å². The average Bonchev–Trinajstić information content (AvgIpc) is 2.34. The van der Waals surface area contributed by atoms with Gasteiger partial charge in [0.25, 0.3) is 0 Å². The predicted octanol–water partition coefficient (Wildman–Crippen LogP) is 1.38. The summed E-state index contributed by atoms with van der Waals surface area (Å²) in [5.41, 5.74) is -0.298. The van der Waals surface area contributed by atoms with Crippen molar-refractivity contribution >= 4 is 17.3 Å². The highest BCUT2D eigenvalue weighted by atomic mass is 16.6. The van der Waals surface area contributed by atoms with Crippen LogP contribution in [0.2, 0.25) is 0 Å². The minimum Gasteiger partial charge on any atom is -0.480 e. The summed E-state index contributed by atoms with van der Waals surface area (Å²) in [6.07, 6.45) is 0. The highest BCUT2D eigenvalue weighted by Crippen LogP contribution is 2.31. The molecule has 1 aromatic rings. The molecule has 1 rings (SSSR count). The second-order valence-corrected chi connectivity index (χ2v) is 3.45. The molecule has 7 heteroatoms. The van der Waals surface area contributed by atoms with Crippen molar-refractivity contribution in [2.75, 3.05) is 18.0 Å². The Kier molecular flexibility index (Phi) is 4.21.